The third-order valence-corrected chi connectivity index (χ3v) is 4.51. The smallest absolute Gasteiger partial charge is 0.155 e. The number of carbonyl (C=O) groups excluding carboxylic acids is 1. The minimum atomic E-state index is -0.308. The molecule has 2 bridgehead atoms. The predicted molar refractivity (Wildman–Crippen MR) is 57.2 cm³/mol. The van der Waals surface area contributed by atoms with Gasteiger partial charge < -0.3 is 5.11 Å². The first-order valence-corrected chi connectivity index (χ1v) is 5.68. The third-order valence-electron chi connectivity index (χ3n) is 4.51. The van der Waals surface area contributed by atoms with Gasteiger partial charge in [-0.25, -0.2) is 0 Å². The molecule has 0 radical (unpaired) electrons. The van der Waals surface area contributed by atoms with Crippen molar-refractivity contribution < 1.29 is 9.90 Å². The second kappa shape index (κ2) is 2.82. The molecule has 3 aliphatic rings. The van der Waals surface area contributed by atoms with Crippen molar-refractivity contribution in [2.24, 2.45) is 17.3 Å². The Morgan fingerprint density at radius 1 is 1.53 bits per heavy atom. The van der Waals surface area contributed by atoms with Crippen LogP contribution in [-0.2, 0) is 4.79 Å². The van der Waals surface area contributed by atoms with E-state index in [0.29, 0.717) is 12.3 Å². The first kappa shape index (κ1) is 9.34. The molecule has 80 valence electrons. The van der Waals surface area contributed by atoms with Gasteiger partial charge in [-0.15, -0.1) is 0 Å². The largest absolute Gasteiger partial charge is 0.393 e. The molecule has 1 N–H and O–H groups in total. The van der Waals surface area contributed by atoms with Gasteiger partial charge in [-0.1, -0.05) is 18.2 Å². The third kappa shape index (κ3) is 1.18. The van der Waals surface area contributed by atoms with Crippen LogP contribution < -0.4 is 0 Å². The van der Waals surface area contributed by atoms with E-state index in [-0.39, 0.29) is 23.2 Å². The topological polar surface area (TPSA) is 37.3 Å². The molecule has 0 heterocycles. The molecule has 0 saturated heterocycles. The van der Waals surface area contributed by atoms with Crippen molar-refractivity contribution in [2.75, 3.05) is 0 Å². The Kier molecular flexibility index (Phi) is 1.76. The molecular weight excluding hydrogens is 188 g/mol. The van der Waals surface area contributed by atoms with Crippen LogP contribution in [0.4, 0.5) is 0 Å². The van der Waals surface area contributed by atoms with Gasteiger partial charge in [-0.05, 0) is 36.7 Å². The summed E-state index contributed by atoms with van der Waals surface area (Å²) in [6, 6.07) is 0. The maximum atomic E-state index is 11.4. The summed E-state index contributed by atoms with van der Waals surface area (Å²) in [5.41, 5.74) is 1.34. The van der Waals surface area contributed by atoms with Gasteiger partial charge in [-0.2, -0.15) is 0 Å². The molecule has 15 heavy (non-hydrogen) atoms. The zero-order valence-corrected chi connectivity index (χ0v) is 8.78. The van der Waals surface area contributed by atoms with Crippen molar-refractivity contribution in [2.45, 2.75) is 31.8 Å². The van der Waals surface area contributed by atoms with E-state index < -0.39 is 0 Å². The van der Waals surface area contributed by atoms with Crippen LogP contribution in [0, 0.1) is 17.3 Å². The lowest BCUT2D eigenvalue weighted by Gasteiger charge is -2.43. The number of allylic oxidation sites excluding steroid dienone is 3. The first-order chi connectivity index (χ1) is 7.11. The summed E-state index contributed by atoms with van der Waals surface area (Å²) >= 11 is 0. The Bertz CT molecular complexity index is 369. The van der Waals surface area contributed by atoms with Crippen LogP contribution in [0.1, 0.15) is 25.7 Å². The Labute approximate surface area is 89.7 Å². The summed E-state index contributed by atoms with van der Waals surface area (Å²) in [6.07, 6.45) is 6.86. The van der Waals surface area contributed by atoms with Crippen LogP contribution in [0.3, 0.4) is 0 Å². The lowest BCUT2D eigenvalue weighted by atomic mass is 9.62. The fraction of sp³-hybridized carbons (Fsp3) is 0.615. The van der Waals surface area contributed by atoms with Crippen molar-refractivity contribution in [3.63, 3.8) is 0 Å². The van der Waals surface area contributed by atoms with Gasteiger partial charge in [0, 0.05) is 12.3 Å². The number of carbonyl (C=O) groups is 1. The summed E-state index contributed by atoms with van der Waals surface area (Å²) < 4.78 is 0. The highest BCUT2D eigenvalue weighted by molar-refractivity contribution is 5.91. The number of hydrogen-bond donors (Lipinski definition) is 1. The molecule has 2 heteroatoms. The zero-order chi connectivity index (χ0) is 10.6. The van der Waals surface area contributed by atoms with Gasteiger partial charge in [0.05, 0.1) is 6.10 Å². The highest BCUT2D eigenvalue weighted by Crippen LogP contribution is 2.59. The summed E-state index contributed by atoms with van der Waals surface area (Å²) in [4.78, 5) is 11.4. The summed E-state index contributed by atoms with van der Waals surface area (Å²) in [7, 11) is 0. The number of aliphatic hydroxyl groups is 1. The predicted octanol–water partition coefficient (Wildman–Crippen LogP) is 1.85. The SMILES string of the molecule is C=C1C[C@@]23C=CC(=O)C[C@@H]2[C@H](O)C[C@H]1C3. The summed E-state index contributed by atoms with van der Waals surface area (Å²) in [5.74, 6) is 0.792. The Morgan fingerprint density at radius 3 is 3.13 bits per heavy atom. The van der Waals surface area contributed by atoms with Gasteiger partial charge in [0.1, 0.15) is 0 Å². The van der Waals surface area contributed by atoms with Crippen molar-refractivity contribution in [1.82, 2.24) is 0 Å². The minimum Gasteiger partial charge on any atom is -0.393 e. The molecule has 3 rings (SSSR count). The van der Waals surface area contributed by atoms with E-state index in [1.807, 2.05) is 0 Å². The molecule has 0 aromatic heterocycles. The van der Waals surface area contributed by atoms with E-state index in [1.165, 1.54) is 5.57 Å². The number of aliphatic hydroxyl groups excluding tert-OH is 1. The quantitative estimate of drug-likeness (QED) is 0.611. The Balaban J connectivity index is 2.05. The van der Waals surface area contributed by atoms with Crippen LogP contribution >= 0.6 is 0 Å². The van der Waals surface area contributed by atoms with Crippen LogP contribution in [-0.4, -0.2) is 17.0 Å². The average molecular weight is 204 g/mol. The number of ketones is 1. The lowest BCUT2D eigenvalue weighted by Crippen LogP contribution is -2.42. The van der Waals surface area contributed by atoms with Gasteiger partial charge in [0.2, 0.25) is 0 Å². The lowest BCUT2D eigenvalue weighted by molar-refractivity contribution is -0.120. The number of fused-ring (bicyclic) bond motifs is 1. The maximum absolute atomic E-state index is 11.4. The van der Waals surface area contributed by atoms with Gasteiger partial charge >= 0.3 is 0 Å². The summed E-state index contributed by atoms with van der Waals surface area (Å²) in [6.45, 7) is 4.11. The normalized spacial score (nSPS) is 48.2. The molecule has 2 fully saturated rings. The molecule has 4 atom stereocenters. The fourth-order valence-corrected chi connectivity index (χ4v) is 3.75. The molecule has 2 nitrogen and oxygen atoms in total. The molecule has 0 unspecified atom stereocenters. The molecule has 0 amide bonds. The number of hydrogen-bond acceptors (Lipinski definition) is 2. The molecule has 0 aliphatic heterocycles. The highest BCUT2D eigenvalue weighted by Gasteiger charge is 2.53. The van der Waals surface area contributed by atoms with E-state index >= 15 is 0 Å². The molecule has 3 aliphatic carbocycles. The standard InChI is InChI=1S/C13H16O2/c1-8-6-13-3-2-10(14)5-11(13)12(15)4-9(8)7-13/h2-3,9,11-12,15H,1,4-7H2/t9-,11+,12+,13+/m0/s1. The van der Waals surface area contributed by atoms with E-state index in [1.54, 1.807) is 6.08 Å². The molecular formula is C13H16O2. The van der Waals surface area contributed by atoms with Crippen LogP contribution in [0.5, 0.6) is 0 Å². The molecule has 0 aromatic rings. The Hall–Kier alpha value is -0.890. The van der Waals surface area contributed by atoms with E-state index in [9.17, 15) is 9.90 Å². The highest BCUT2D eigenvalue weighted by atomic mass is 16.3. The van der Waals surface area contributed by atoms with Crippen LogP contribution in [0.25, 0.3) is 0 Å². The van der Waals surface area contributed by atoms with E-state index in [0.717, 1.165) is 19.3 Å². The summed E-state index contributed by atoms with van der Waals surface area (Å²) in [5, 5.41) is 10.1. The van der Waals surface area contributed by atoms with Crippen LogP contribution in [0.2, 0.25) is 0 Å². The second-order valence-electron chi connectivity index (χ2n) is 5.38. The van der Waals surface area contributed by atoms with Crippen molar-refractivity contribution >= 4 is 5.78 Å². The fourth-order valence-electron chi connectivity index (χ4n) is 3.75. The first-order valence-electron chi connectivity index (χ1n) is 5.68. The van der Waals surface area contributed by atoms with Gasteiger partial charge in [0.25, 0.3) is 0 Å². The second-order valence-corrected chi connectivity index (χ2v) is 5.38. The van der Waals surface area contributed by atoms with E-state index in [4.69, 9.17) is 0 Å². The number of rotatable bonds is 0. The molecule has 1 spiro atoms. The monoisotopic (exact) mass is 204 g/mol. The van der Waals surface area contributed by atoms with E-state index in [2.05, 4.69) is 12.7 Å². The molecule has 0 aromatic carbocycles. The van der Waals surface area contributed by atoms with Crippen molar-refractivity contribution in [3.8, 4) is 0 Å². The van der Waals surface area contributed by atoms with Crippen LogP contribution in [0.15, 0.2) is 24.3 Å². The van der Waals surface area contributed by atoms with Gasteiger partial charge in [0.15, 0.2) is 5.78 Å². The van der Waals surface area contributed by atoms with Gasteiger partial charge in [-0.3, -0.25) is 4.79 Å². The van der Waals surface area contributed by atoms with Crippen molar-refractivity contribution in [1.29, 1.82) is 0 Å². The van der Waals surface area contributed by atoms with Crippen molar-refractivity contribution in [3.05, 3.63) is 24.3 Å². The average Bonchev–Trinajstić information content (AvgIpc) is 2.44. The Morgan fingerprint density at radius 2 is 2.33 bits per heavy atom. The zero-order valence-electron chi connectivity index (χ0n) is 8.78. The maximum Gasteiger partial charge on any atom is 0.155 e. The minimum absolute atomic E-state index is 0.0628. The molecule has 2 saturated carbocycles.